The van der Waals surface area contributed by atoms with Gasteiger partial charge in [0, 0.05) is 12.0 Å². The van der Waals surface area contributed by atoms with Crippen molar-refractivity contribution in [3.8, 4) is 0 Å². The monoisotopic (exact) mass is 401 g/mol. The third-order valence-corrected chi connectivity index (χ3v) is 6.06. The molecule has 1 aliphatic rings. The summed E-state index contributed by atoms with van der Waals surface area (Å²) in [5, 5.41) is 2.88. The van der Waals surface area contributed by atoms with Gasteiger partial charge in [-0.05, 0) is 25.8 Å². The van der Waals surface area contributed by atoms with Crippen molar-refractivity contribution >= 4 is 27.6 Å². The molecule has 8 heteroatoms. The molecular weight excluding hydrogens is 366 g/mol. The maximum atomic E-state index is 12.6. The number of amides is 1. The summed E-state index contributed by atoms with van der Waals surface area (Å²) in [7, 11) is -0.776. The molecule has 1 fully saturated rings. The summed E-state index contributed by atoms with van der Waals surface area (Å²) < 4.78 is 16.2. The van der Waals surface area contributed by atoms with Crippen LogP contribution in [0.5, 0.6) is 0 Å². The number of β-lactam (4-membered cyclic amide) rings is 1. The van der Waals surface area contributed by atoms with Crippen LogP contribution in [0.4, 0.5) is 0 Å². The standard InChI is InChI=1S/C19H35NO6Si/c1-9-24-15(22)19(8,16(23)25-10-2)13-12(14(21)20-13)18(6,7)11-26-27-17(3,4)5/h12-13H,9-11,27H2,1-8H3,(H,20,21)/t12-,13-/m0/s1. The van der Waals surface area contributed by atoms with Gasteiger partial charge >= 0.3 is 11.9 Å². The van der Waals surface area contributed by atoms with E-state index in [1.54, 1.807) is 13.8 Å². The first-order chi connectivity index (χ1) is 12.3. The molecule has 1 aliphatic heterocycles. The van der Waals surface area contributed by atoms with Crippen LogP contribution in [-0.2, 0) is 28.3 Å². The second-order valence-corrected chi connectivity index (χ2v) is 12.0. The topological polar surface area (TPSA) is 90.9 Å². The van der Waals surface area contributed by atoms with Gasteiger partial charge in [-0.15, -0.1) is 0 Å². The van der Waals surface area contributed by atoms with Crippen molar-refractivity contribution in [3.05, 3.63) is 0 Å². The van der Waals surface area contributed by atoms with E-state index in [1.165, 1.54) is 6.92 Å². The lowest BCUT2D eigenvalue weighted by molar-refractivity contribution is -0.181. The van der Waals surface area contributed by atoms with Crippen LogP contribution < -0.4 is 5.32 Å². The molecule has 2 atom stereocenters. The largest absolute Gasteiger partial charge is 0.465 e. The molecule has 156 valence electrons. The van der Waals surface area contributed by atoms with Gasteiger partial charge in [0.1, 0.15) is 0 Å². The van der Waals surface area contributed by atoms with E-state index < -0.39 is 44.5 Å². The molecule has 7 nitrogen and oxygen atoms in total. The first-order valence-corrected chi connectivity index (χ1v) is 10.8. The Bertz CT molecular complexity index is 551. The summed E-state index contributed by atoms with van der Waals surface area (Å²) in [5.41, 5.74) is -2.13. The predicted octanol–water partition coefficient (Wildman–Crippen LogP) is 1.58. The van der Waals surface area contributed by atoms with Crippen LogP contribution in [0.3, 0.4) is 0 Å². The highest BCUT2D eigenvalue weighted by molar-refractivity contribution is 6.31. The van der Waals surface area contributed by atoms with Gasteiger partial charge in [0.2, 0.25) is 5.91 Å². The van der Waals surface area contributed by atoms with Crippen molar-refractivity contribution in [1.82, 2.24) is 5.32 Å². The highest BCUT2D eigenvalue weighted by Gasteiger charge is 2.63. The van der Waals surface area contributed by atoms with E-state index in [-0.39, 0.29) is 24.2 Å². The average molecular weight is 402 g/mol. The molecule has 0 aromatic heterocycles. The molecule has 0 unspecified atom stereocenters. The molecule has 0 aliphatic carbocycles. The smallest absolute Gasteiger partial charge is 0.325 e. The minimum absolute atomic E-state index is 0.141. The van der Waals surface area contributed by atoms with Crippen molar-refractivity contribution in [2.75, 3.05) is 19.8 Å². The average Bonchev–Trinajstić information content (AvgIpc) is 2.50. The molecule has 27 heavy (non-hydrogen) atoms. The number of ether oxygens (including phenoxy) is 2. The summed E-state index contributed by atoms with van der Waals surface area (Å²) in [6.07, 6.45) is 0. The SMILES string of the molecule is CCOC(=O)C(C)(C(=O)OCC)[C@H]1NC(=O)[C@H]1C(C)(C)CO[SiH2]C(C)(C)C. The van der Waals surface area contributed by atoms with Crippen LogP contribution >= 0.6 is 0 Å². The number of nitrogens with one attached hydrogen (secondary N) is 1. The Kier molecular flexibility index (Phi) is 7.64. The van der Waals surface area contributed by atoms with Gasteiger partial charge in [0.15, 0.2) is 15.2 Å². The normalized spacial score (nSPS) is 21.0. The lowest BCUT2D eigenvalue weighted by atomic mass is 9.61. The Hall–Kier alpha value is -1.41. The minimum atomic E-state index is -1.59. The zero-order valence-electron chi connectivity index (χ0n) is 17.9. The molecule has 1 heterocycles. The van der Waals surface area contributed by atoms with Crippen molar-refractivity contribution in [3.63, 3.8) is 0 Å². The first kappa shape index (κ1) is 23.6. The van der Waals surface area contributed by atoms with Gasteiger partial charge in [-0.3, -0.25) is 14.4 Å². The van der Waals surface area contributed by atoms with E-state index in [9.17, 15) is 14.4 Å². The lowest BCUT2D eigenvalue weighted by Crippen LogP contribution is -2.72. The molecule has 1 rings (SSSR count). The fraction of sp³-hybridized carbons (Fsp3) is 0.842. The molecule has 0 saturated carbocycles. The highest BCUT2D eigenvalue weighted by Crippen LogP contribution is 2.44. The maximum absolute atomic E-state index is 12.6. The van der Waals surface area contributed by atoms with E-state index in [0.29, 0.717) is 6.61 Å². The Labute approximate surface area is 164 Å². The number of carbonyl (C=O) groups excluding carboxylic acids is 3. The molecule has 1 saturated heterocycles. The third-order valence-electron chi connectivity index (χ3n) is 4.79. The van der Waals surface area contributed by atoms with Gasteiger partial charge in [0.25, 0.3) is 0 Å². The highest BCUT2D eigenvalue weighted by atomic mass is 28.2. The Morgan fingerprint density at radius 1 is 1.00 bits per heavy atom. The predicted molar refractivity (Wildman–Crippen MR) is 105 cm³/mol. The quantitative estimate of drug-likeness (QED) is 0.273. The van der Waals surface area contributed by atoms with Gasteiger partial charge in [-0.1, -0.05) is 34.6 Å². The fourth-order valence-electron chi connectivity index (χ4n) is 3.27. The van der Waals surface area contributed by atoms with Crippen LogP contribution in [0.25, 0.3) is 0 Å². The summed E-state index contributed by atoms with van der Waals surface area (Å²) in [4.78, 5) is 37.7. The Morgan fingerprint density at radius 3 is 1.85 bits per heavy atom. The Balaban J connectivity index is 3.07. The molecule has 0 aromatic rings. The van der Waals surface area contributed by atoms with E-state index in [1.807, 2.05) is 13.8 Å². The second-order valence-electron chi connectivity index (χ2n) is 9.15. The van der Waals surface area contributed by atoms with Gasteiger partial charge < -0.3 is 19.2 Å². The number of rotatable bonds is 9. The molecule has 0 radical (unpaired) electrons. The number of carbonyl (C=O) groups is 3. The lowest BCUT2D eigenvalue weighted by Gasteiger charge is -2.51. The van der Waals surface area contributed by atoms with Crippen molar-refractivity contribution < 1.29 is 28.3 Å². The van der Waals surface area contributed by atoms with Crippen LogP contribution in [-0.4, -0.2) is 53.5 Å². The molecule has 0 bridgehead atoms. The van der Waals surface area contributed by atoms with Crippen molar-refractivity contribution in [2.24, 2.45) is 16.7 Å². The number of hydrogen-bond donors (Lipinski definition) is 1. The molecular formula is C19H35NO6Si. The second kappa shape index (κ2) is 8.73. The minimum Gasteiger partial charge on any atom is -0.465 e. The van der Waals surface area contributed by atoms with E-state index in [2.05, 4.69) is 26.1 Å². The zero-order valence-corrected chi connectivity index (χ0v) is 19.3. The maximum Gasteiger partial charge on any atom is 0.325 e. The molecule has 0 spiro atoms. The van der Waals surface area contributed by atoms with Gasteiger partial charge in [-0.25, -0.2) is 0 Å². The van der Waals surface area contributed by atoms with Gasteiger partial charge in [0.05, 0.1) is 25.2 Å². The van der Waals surface area contributed by atoms with Crippen molar-refractivity contribution in [1.29, 1.82) is 0 Å². The van der Waals surface area contributed by atoms with Gasteiger partial charge in [-0.2, -0.15) is 0 Å². The van der Waals surface area contributed by atoms with Crippen LogP contribution in [0.1, 0.15) is 55.4 Å². The summed E-state index contributed by atoms with van der Waals surface area (Å²) in [6, 6.07) is -0.696. The van der Waals surface area contributed by atoms with Crippen LogP contribution in [0.15, 0.2) is 0 Å². The summed E-state index contributed by atoms with van der Waals surface area (Å²) in [6.45, 7) is 15.8. The number of esters is 2. The molecule has 1 amide bonds. The van der Waals surface area contributed by atoms with E-state index in [0.717, 1.165) is 0 Å². The summed E-state index contributed by atoms with van der Waals surface area (Å²) >= 11 is 0. The first-order valence-electron chi connectivity index (χ1n) is 9.53. The summed E-state index contributed by atoms with van der Waals surface area (Å²) in [5.74, 6) is -2.10. The van der Waals surface area contributed by atoms with E-state index in [4.69, 9.17) is 13.9 Å². The van der Waals surface area contributed by atoms with Crippen LogP contribution in [0.2, 0.25) is 5.04 Å². The van der Waals surface area contributed by atoms with Crippen molar-refractivity contribution in [2.45, 2.75) is 66.5 Å². The van der Waals surface area contributed by atoms with Crippen LogP contribution in [0, 0.1) is 16.7 Å². The molecule has 1 N–H and O–H groups in total. The third kappa shape index (κ3) is 5.31. The van der Waals surface area contributed by atoms with E-state index >= 15 is 0 Å². The fourth-order valence-corrected chi connectivity index (χ4v) is 4.52. The number of hydrogen-bond acceptors (Lipinski definition) is 6. The zero-order chi connectivity index (χ0) is 21.0. The molecule has 0 aromatic carbocycles. The Morgan fingerprint density at radius 2 is 1.48 bits per heavy atom.